The van der Waals surface area contributed by atoms with E-state index in [0.717, 1.165) is 25.1 Å². The first-order valence-electron chi connectivity index (χ1n) is 9.60. The summed E-state index contributed by atoms with van der Waals surface area (Å²) in [5.74, 6) is -0.333. The van der Waals surface area contributed by atoms with Crippen LogP contribution >= 0.6 is 12.4 Å². The van der Waals surface area contributed by atoms with E-state index in [9.17, 15) is 14.4 Å². The molecule has 29 heavy (non-hydrogen) atoms. The molecule has 152 valence electrons. The van der Waals surface area contributed by atoms with E-state index in [-0.39, 0.29) is 42.7 Å². The third-order valence-electron chi connectivity index (χ3n) is 5.51. The van der Waals surface area contributed by atoms with Gasteiger partial charge in [-0.2, -0.15) is 0 Å². The van der Waals surface area contributed by atoms with E-state index in [1.807, 2.05) is 6.07 Å². The van der Waals surface area contributed by atoms with E-state index < -0.39 is 0 Å². The van der Waals surface area contributed by atoms with Crippen LogP contribution in [0.1, 0.15) is 50.0 Å². The molecule has 2 atom stereocenters. The van der Waals surface area contributed by atoms with Crippen LogP contribution in [-0.4, -0.2) is 41.8 Å². The maximum absolute atomic E-state index is 12.7. The summed E-state index contributed by atoms with van der Waals surface area (Å²) in [4.78, 5) is 39.0. The Hall–Kier alpha value is -2.70. The van der Waals surface area contributed by atoms with Gasteiger partial charge in [-0.25, -0.2) is 0 Å². The third kappa shape index (κ3) is 4.18. The fraction of sp³-hybridized carbons (Fsp3) is 0.318. The summed E-state index contributed by atoms with van der Waals surface area (Å²) >= 11 is 0. The Labute approximate surface area is 176 Å². The van der Waals surface area contributed by atoms with Crippen LogP contribution in [0.5, 0.6) is 0 Å². The molecule has 0 radical (unpaired) electrons. The molecule has 1 fully saturated rings. The summed E-state index contributed by atoms with van der Waals surface area (Å²) in [5, 5.41) is 6.43. The number of amides is 3. The van der Waals surface area contributed by atoms with Crippen LogP contribution in [-0.2, 0) is 6.54 Å². The van der Waals surface area contributed by atoms with Gasteiger partial charge in [0, 0.05) is 11.6 Å². The third-order valence-corrected chi connectivity index (χ3v) is 5.51. The van der Waals surface area contributed by atoms with Gasteiger partial charge >= 0.3 is 0 Å². The molecule has 0 aromatic heterocycles. The first-order chi connectivity index (χ1) is 13.5. The molecule has 0 spiro atoms. The highest BCUT2D eigenvalue weighted by Gasteiger charge is 2.35. The number of nitrogens with one attached hydrogen (secondary N) is 2. The standard InChI is InChI=1S/C22H23N3O3.ClH/c1-14-12-23-10-9-19(14)24-20(26)16-6-4-5-15(11-16)13-25-21(27)17-7-2-3-8-18(17)22(25)28;/h2-8,11,14,19,23H,9-10,12-13H2,1H3,(H,24,26);1H. The molecule has 2 N–H and O–H groups in total. The van der Waals surface area contributed by atoms with Crippen LogP contribution in [0, 0.1) is 5.92 Å². The van der Waals surface area contributed by atoms with Gasteiger partial charge in [-0.3, -0.25) is 19.3 Å². The van der Waals surface area contributed by atoms with Gasteiger partial charge in [-0.1, -0.05) is 31.2 Å². The summed E-state index contributed by atoms with van der Waals surface area (Å²) in [5.41, 5.74) is 2.16. The SMILES string of the molecule is CC1CNCCC1NC(=O)c1cccc(CN2C(=O)c3ccccc3C2=O)c1.Cl. The summed E-state index contributed by atoms with van der Waals surface area (Å²) in [6, 6.07) is 14.1. The number of rotatable bonds is 4. The van der Waals surface area contributed by atoms with E-state index in [1.165, 1.54) is 4.90 Å². The Kier molecular flexibility index (Phi) is 6.35. The van der Waals surface area contributed by atoms with Gasteiger partial charge in [-0.05, 0) is 55.3 Å². The molecule has 7 heteroatoms. The average molecular weight is 414 g/mol. The first kappa shape index (κ1) is 21.0. The van der Waals surface area contributed by atoms with Crippen LogP contribution in [0.4, 0.5) is 0 Å². The highest BCUT2D eigenvalue weighted by atomic mass is 35.5. The van der Waals surface area contributed by atoms with Crippen molar-refractivity contribution < 1.29 is 14.4 Å². The minimum atomic E-state index is -0.293. The van der Waals surface area contributed by atoms with Crippen LogP contribution in [0.25, 0.3) is 0 Å². The van der Waals surface area contributed by atoms with Crippen molar-refractivity contribution in [2.75, 3.05) is 13.1 Å². The van der Waals surface area contributed by atoms with Gasteiger partial charge in [0.1, 0.15) is 0 Å². The maximum atomic E-state index is 12.7. The highest BCUT2D eigenvalue weighted by Crippen LogP contribution is 2.24. The lowest BCUT2D eigenvalue weighted by Gasteiger charge is -2.30. The van der Waals surface area contributed by atoms with Gasteiger partial charge in [-0.15, -0.1) is 12.4 Å². The van der Waals surface area contributed by atoms with E-state index in [1.54, 1.807) is 42.5 Å². The molecule has 4 rings (SSSR count). The van der Waals surface area contributed by atoms with Crippen molar-refractivity contribution in [1.82, 2.24) is 15.5 Å². The number of fused-ring (bicyclic) bond motifs is 1. The normalized spacial score (nSPS) is 20.8. The Balaban J connectivity index is 0.00000240. The average Bonchev–Trinajstić information content (AvgIpc) is 2.95. The lowest BCUT2D eigenvalue weighted by molar-refractivity contribution is 0.0642. The zero-order valence-electron chi connectivity index (χ0n) is 16.2. The maximum Gasteiger partial charge on any atom is 0.261 e. The molecule has 3 amide bonds. The second kappa shape index (κ2) is 8.76. The van der Waals surface area contributed by atoms with Crippen molar-refractivity contribution in [2.24, 2.45) is 5.92 Å². The fourth-order valence-corrected chi connectivity index (χ4v) is 3.86. The van der Waals surface area contributed by atoms with Crippen molar-refractivity contribution in [1.29, 1.82) is 0 Å². The molecule has 0 bridgehead atoms. The second-order valence-corrected chi connectivity index (χ2v) is 7.49. The van der Waals surface area contributed by atoms with Crippen LogP contribution < -0.4 is 10.6 Å². The molecule has 0 aliphatic carbocycles. The minimum Gasteiger partial charge on any atom is -0.349 e. The predicted molar refractivity (Wildman–Crippen MR) is 112 cm³/mol. The summed E-state index contributed by atoms with van der Waals surface area (Å²) in [6.45, 7) is 4.06. The lowest BCUT2D eigenvalue weighted by atomic mass is 9.95. The molecular formula is C22H24ClN3O3. The molecular weight excluding hydrogens is 390 g/mol. The van der Waals surface area contributed by atoms with E-state index in [4.69, 9.17) is 0 Å². The number of hydrogen-bond acceptors (Lipinski definition) is 4. The number of halogens is 1. The lowest BCUT2D eigenvalue weighted by Crippen LogP contribution is -2.48. The van der Waals surface area contributed by atoms with Gasteiger partial charge < -0.3 is 10.6 Å². The van der Waals surface area contributed by atoms with Crippen molar-refractivity contribution in [3.05, 3.63) is 70.8 Å². The van der Waals surface area contributed by atoms with Crippen molar-refractivity contribution in [3.8, 4) is 0 Å². The van der Waals surface area contributed by atoms with Gasteiger partial charge in [0.05, 0.1) is 17.7 Å². The zero-order chi connectivity index (χ0) is 19.7. The number of carbonyl (C=O) groups excluding carboxylic acids is 3. The Bertz CT molecular complexity index is 911. The molecule has 2 aromatic carbocycles. The van der Waals surface area contributed by atoms with Crippen molar-refractivity contribution in [3.63, 3.8) is 0 Å². The van der Waals surface area contributed by atoms with Crippen molar-refractivity contribution >= 4 is 30.1 Å². The minimum absolute atomic E-state index is 0. The monoisotopic (exact) mass is 413 g/mol. The number of carbonyl (C=O) groups is 3. The Morgan fingerprint density at radius 3 is 2.45 bits per heavy atom. The first-order valence-corrected chi connectivity index (χ1v) is 9.60. The molecule has 2 aliphatic rings. The molecule has 2 unspecified atom stereocenters. The quantitative estimate of drug-likeness (QED) is 0.755. The zero-order valence-corrected chi connectivity index (χ0v) is 17.0. The van der Waals surface area contributed by atoms with E-state index in [0.29, 0.717) is 22.6 Å². The summed E-state index contributed by atoms with van der Waals surface area (Å²) in [6.07, 6.45) is 0.904. The van der Waals surface area contributed by atoms with Gasteiger partial charge in [0.15, 0.2) is 0 Å². The van der Waals surface area contributed by atoms with Crippen molar-refractivity contribution in [2.45, 2.75) is 25.9 Å². The van der Waals surface area contributed by atoms with Crippen LogP contribution in [0.3, 0.4) is 0 Å². The second-order valence-electron chi connectivity index (χ2n) is 7.49. The number of piperidine rings is 1. The number of nitrogens with zero attached hydrogens (tertiary/aromatic N) is 1. The van der Waals surface area contributed by atoms with E-state index in [2.05, 4.69) is 17.6 Å². The molecule has 2 aliphatic heterocycles. The molecule has 0 saturated carbocycles. The highest BCUT2D eigenvalue weighted by molar-refractivity contribution is 6.21. The molecule has 6 nitrogen and oxygen atoms in total. The molecule has 1 saturated heterocycles. The Morgan fingerprint density at radius 1 is 1.10 bits per heavy atom. The largest absolute Gasteiger partial charge is 0.349 e. The smallest absolute Gasteiger partial charge is 0.261 e. The number of imide groups is 1. The Morgan fingerprint density at radius 2 is 1.79 bits per heavy atom. The predicted octanol–water partition coefficient (Wildman–Crippen LogP) is 2.63. The van der Waals surface area contributed by atoms with Crippen LogP contribution in [0.15, 0.2) is 48.5 Å². The van der Waals surface area contributed by atoms with E-state index >= 15 is 0 Å². The number of benzene rings is 2. The van der Waals surface area contributed by atoms with Crippen LogP contribution in [0.2, 0.25) is 0 Å². The topological polar surface area (TPSA) is 78.5 Å². The summed E-state index contributed by atoms with van der Waals surface area (Å²) in [7, 11) is 0. The van der Waals surface area contributed by atoms with Gasteiger partial charge in [0.2, 0.25) is 0 Å². The molecule has 2 aromatic rings. The fourth-order valence-electron chi connectivity index (χ4n) is 3.86. The molecule has 2 heterocycles. The number of hydrogen-bond donors (Lipinski definition) is 2. The summed E-state index contributed by atoms with van der Waals surface area (Å²) < 4.78 is 0. The van der Waals surface area contributed by atoms with Gasteiger partial charge in [0.25, 0.3) is 17.7 Å².